The van der Waals surface area contributed by atoms with Crippen molar-refractivity contribution < 1.29 is 23.9 Å². The molecule has 0 bridgehead atoms. The number of pyridine rings is 4. The summed E-state index contributed by atoms with van der Waals surface area (Å²) in [5, 5.41) is 23.3. The van der Waals surface area contributed by atoms with E-state index in [0.717, 1.165) is 65.1 Å². The highest BCUT2D eigenvalue weighted by Gasteiger charge is 2.31. The Kier molecular flexibility index (Phi) is 11.2. The Morgan fingerprint density at radius 3 is 1.51 bits per heavy atom. The average molecular weight is 839 g/mol. The zero-order valence-corrected chi connectivity index (χ0v) is 33.6. The predicted molar refractivity (Wildman–Crippen MR) is 230 cm³/mol. The van der Waals surface area contributed by atoms with Crippen LogP contribution in [0.4, 0.5) is 11.9 Å². The molecule has 0 aliphatic heterocycles. The molecule has 4 N–H and O–H groups in total. The fraction of sp³-hybridized carbons (Fsp3) is 0.174. The van der Waals surface area contributed by atoms with Crippen LogP contribution in [0.25, 0.3) is 33.8 Å². The van der Waals surface area contributed by atoms with E-state index in [2.05, 4.69) is 40.8 Å². The molecule has 312 valence electrons. The molecule has 2 aromatic carbocycles. The van der Waals surface area contributed by atoms with Gasteiger partial charge < -0.3 is 15.2 Å². The summed E-state index contributed by atoms with van der Waals surface area (Å²) < 4.78 is 15.1. The van der Waals surface area contributed by atoms with Crippen LogP contribution in [-0.4, -0.2) is 56.9 Å². The van der Waals surface area contributed by atoms with E-state index >= 15 is 0 Å². The maximum Gasteiger partial charge on any atom is 0.267 e. The van der Waals surface area contributed by atoms with Gasteiger partial charge in [-0.15, -0.1) is 10.2 Å². The van der Waals surface area contributed by atoms with E-state index < -0.39 is 5.91 Å². The highest BCUT2D eigenvalue weighted by Crippen LogP contribution is 2.31. The number of nitrogens with one attached hydrogen (secondary N) is 2. The molecule has 6 aromatic heterocycles. The Morgan fingerprint density at radius 1 is 0.635 bits per heavy atom. The molecule has 2 fully saturated rings. The van der Waals surface area contributed by atoms with Crippen molar-refractivity contribution in [2.24, 2.45) is 17.6 Å². The lowest BCUT2D eigenvalue weighted by molar-refractivity contribution is -0.118. The number of aromatic nitrogens is 8. The second-order valence-electron chi connectivity index (χ2n) is 15.0. The zero-order valence-electron chi connectivity index (χ0n) is 33.6. The monoisotopic (exact) mass is 838 g/mol. The first-order chi connectivity index (χ1) is 30.8. The maximum absolute atomic E-state index is 12.0. The highest BCUT2D eigenvalue weighted by atomic mass is 16.5. The van der Waals surface area contributed by atoms with Crippen LogP contribution in [0.2, 0.25) is 0 Å². The second kappa shape index (κ2) is 17.6. The van der Waals surface area contributed by atoms with Crippen molar-refractivity contribution in [1.82, 2.24) is 39.2 Å². The number of nitriles is 1. The summed E-state index contributed by atoms with van der Waals surface area (Å²) in [5.74, 6) is 1.62. The average Bonchev–Trinajstić information content (AvgIpc) is 4.26. The number of hydrogen-bond acceptors (Lipinski definition) is 12. The number of rotatable bonds is 13. The van der Waals surface area contributed by atoms with Crippen LogP contribution >= 0.6 is 0 Å². The Morgan fingerprint density at radius 2 is 1.11 bits per heavy atom. The first kappa shape index (κ1) is 39.9. The van der Waals surface area contributed by atoms with Crippen molar-refractivity contribution in [2.75, 3.05) is 10.6 Å². The van der Waals surface area contributed by atoms with Gasteiger partial charge in [0.15, 0.2) is 11.3 Å². The summed E-state index contributed by atoms with van der Waals surface area (Å²) in [6, 6.07) is 35.5. The zero-order chi connectivity index (χ0) is 43.3. The first-order valence-electron chi connectivity index (χ1n) is 20.2. The van der Waals surface area contributed by atoms with Gasteiger partial charge in [-0.1, -0.05) is 24.3 Å². The summed E-state index contributed by atoms with van der Waals surface area (Å²) in [6.07, 6.45) is 6.92. The molecule has 0 atom stereocenters. The largest absolute Gasteiger partial charge is 0.489 e. The molecular formula is C46H38N12O5. The summed E-state index contributed by atoms with van der Waals surface area (Å²) in [7, 11) is 0. The van der Waals surface area contributed by atoms with Crippen molar-refractivity contribution in [2.45, 2.75) is 38.9 Å². The van der Waals surface area contributed by atoms with E-state index in [1.807, 2.05) is 97.1 Å². The van der Waals surface area contributed by atoms with Crippen LogP contribution in [0.3, 0.4) is 0 Å². The smallest absolute Gasteiger partial charge is 0.267 e. The van der Waals surface area contributed by atoms with E-state index in [9.17, 15) is 14.4 Å². The molecule has 0 saturated heterocycles. The number of fused-ring (bicyclic) bond motifs is 2. The third kappa shape index (κ3) is 9.60. The van der Waals surface area contributed by atoms with E-state index in [4.69, 9.17) is 20.5 Å². The number of amides is 3. The molecule has 17 nitrogen and oxygen atoms in total. The molecule has 8 aromatic rings. The highest BCUT2D eigenvalue weighted by molar-refractivity contribution is 5.93. The third-order valence-corrected chi connectivity index (χ3v) is 10.2. The van der Waals surface area contributed by atoms with Crippen molar-refractivity contribution in [1.29, 1.82) is 5.26 Å². The van der Waals surface area contributed by atoms with Crippen LogP contribution in [0, 0.1) is 23.2 Å². The minimum absolute atomic E-state index is 0.0172. The molecule has 0 spiro atoms. The lowest BCUT2D eigenvalue weighted by atomic mass is 10.1. The fourth-order valence-corrected chi connectivity index (χ4v) is 6.48. The quantitative estimate of drug-likeness (QED) is 0.114. The van der Waals surface area contributed by atoms with Gasteiger partial charge in [0.25, 0.3) is 5.91 Å². The molecule has 0 unspecified atom stereocenters. The van der Waals surface area contributed by atoms with Crippen LogP contribution < -0.4 is 25.8 Å². The first-order valence-corrected chi connectivity index (χ1v) is 20.2. The Hall–Kier alpha value is -8.52. The number of nitrogens with zero attached hydrogens (tertiary/aromatic N) is 9. The van der Waals surface area contributed by atoms with Crippen molar-refractivity contribution in [3.05, 3.63) is 144 Å². The molecule has 3 amide bonds. The number of carbonyl (C=O) groups is 3. The minimum atomic E-state index is -0.562. The van der Waals surface area contributed by atoms with Gasteiger partial charge in [-0.2, -0.15) is 15.2 Å². The molecule has 2 saturated carbocycles. The Bertz CT molecular complexity index is 2990. The van der Waals surface area contributed by atoms with Crippen molar-refractivity contribution in [3.8, 4) is 40.1 Å². The SMILES string of the molecule is N#Cc1ccc(COc2ccc(-c3cccc4nc(NC(=O)C5CC5)nn34)cc2)cn1.NC(=O)c1ccc(COc2ccc(-c3cccc4nc(NC(=O)C5CC5)nn34)cc2)cn1. The summed E-state index contributed by atoms with van der Waals surface area (Å²) in [6.45, 7) is 0.675. The molecule has 2 aliphatic rings. The number of nitrogens with two attached hydrogens (primary N) is 1. The normalized spacial score (nSPS) is 13.1. The lowest BCUT2D eigenvalue weighted by Gasteiger charge is -2.08. The maximum atomic E-state index is 12.0. The van der Waals surface area contributed by atoms with Gasteiger partial charge in [0.1, 0.15) is 42.2 Å². The summed E-state index contributed by atoms with van der Waals surface area (Å²) >= 11 is 0. The van der Waals surface area contributed by atoms with E-state index in [0.29, 0.717) is 47.8 Å². The van der Waals surface area contributed by atoms with Gasteiger partial charge in [0.05, 0.1) is 11.4 Å². The Balaban J connectivity index is 0.000000160. The van der Waals surface area contributed by atoms with Gasteiger partial charge in [0, 0.05) is 46.5 Å². The van der Waals surface area contributed by atoms with Crippen LogP contribution in [0.5, 0.6) is 11.5 Å². The van der Waals surface area contributed by atoms with Crippen molar-refractivity contribution >= 4 is 40.9 Å². The third-order valence-electron chi connectivity index (χ3n) is 10.2. The molecule has 2 aliphatic carbocycles. The summed E-state index contributed by atoms with van der Waals surface area (Å²) in [4.78, 5) is 52.0. The Labute approximate surface area is 359 Å². The van der Waals surface area contributed by atoms with E-state index in [1.165, 1.54) is 0 Å². The number of anilines is 2. The van der Waals surface area contributed by atoms with Gasteiger partial charge in [0.2, 0.25) is 23.7 Å². The van der Waals surface area contributed by atoms with Crippen LogP contribution in [0.1, 0.15) is 53.0 Å². The molecule has 10 rings (SSSR count). The number of primary amides is 1. The number of ether oxygens (including phenoxy) is 2. The van der Waals surface area contributed by atoms with Gasteiger partial charge in [-0.25, -0.2) is 14.0 Å². The molecule has 17 heteroatoms. The minimum Gasteiger partial charge on any atom is -0.489 e. The molecule has 6 heterocycles. The number of carbonyl (C=O) groups excluding carboxylic acids is 3. The standard InChI is InChI=1S/C23H20N6O3.C23H18N6O2/c24-21(30)18-11-4-14(12-25-18)13-32-17-9-7-15(8-10-17)19-2-1-3-20-26-23(28-29(19)20)27-22(31)16-5-6-16;24-12-18-9-4-15(13-25-18)14-31-19-10-7-16(8-11-19)20-2-1-3-21-26-23(28-29(20)21)27-22(30)17-5-6-17/h1-4,7-12,16H,5-6,13H2,(H2,24,30)(H,27,28,31);1-4,7-11,13,17H,5-6,14H2,(H,27,28,30). The fourth-order valence-electron chi connectivity index (χ4n) is 6.48. The van der Waals surface area contributed by atoms with Gasteiger partial charge >= 0.3 is 0 Å². The lowest BCUT2D eigenvalue weighted by Crippen LogP contribution is -2.14. The van der Waals surface area contributed by atoms with Crippen LogP contribution in [0.15, 0.2) is 122 Å². The second-order valence-corrected chi connectivity index (χ2v) is 15.0. The molecular weight excluding hydrogens is 801 g/mol. The van der Waals surface area contributed by atoms with E-state index in [1.54, 1.807) is 39.6 Å². The van der Waals surface area contributed by atoms with E-state index in [-0.39, 0.29) is 29.3 Å². The number of hydrogen-bond donors (Lipinski definition) is 3. The molecule has 63 heavy (non-hydrogen) atoms. The van der Waals surface area contributed by atoms with Crippen molar-refractivity contribution in [3.63, 3.8) is 0 Å². The predicted octanol–water partition coefficient (Wildman–Crippen LogP) is 6.41. The molecule has 0 radical (unpaired) electrons. The van der Waals surface area contributed by atoms with Gasteiger partial charge in [-0.05, 0) is 111 Å². The summed E-state index contributed by atoms with van der Waals surface area (Å²) in [5.41, 5.74) is 12.4. The number of benzene rings is 2. The van der Waals surface area contributed by atoms with Crippen LogP contribution in [-0.2, 0) is 22.8 Å². The topological polar surface area (TPSA) is 230 Å². The van der Waals surface area contributed by atoms with Gasteiger partial charge in [-0.3, -0.25) is 30.0 Å².